The van der Waals surface area contributed by atoms with E-state index in [1.807, 2.05) is 0 Å². The van der Waals surface area contributed by atoms with Crippen LogP contribution in [-0.2, 0) is 6.18 Å². The van der Waals surface area contributed by atoms with Gasteiger partial charge in [-0.2, -0.15) is 17.6 Å². The van der Waals surface area contributed by atoms with Crippen molar-refractivity contribution in [2.45, 2.75) is 38.2 Å². The van der Waals surface area contributed by atoms with Crippen LogP contribution in [0.3, 0.4) is 0 Å². The van der Waals surface area contributed by atoms with Gasteiger partial charge in [-0.15, -0.1) is 0 Å². The summed E-state index contributed by atoms with van der Waals surface area (Å²) >= 11 is 0. The third-order valence-corrected chi connectivity index (χ3v) is 5.60. The standard InChI is InChI=1S/C26H22F5NO4/c1-14-10-16(27)4-9-22(14)36-23-12-19(15-2-3-15)21(26(29,30)31)11-20(23)25(34)32-17-5-7-18(8-6-17)35-24(28)13-33/h4-12,15,24,33H,2-3,13H2,1H3,(H,32,34). The second-order valence-electron chi connectivity index (χ2n) is 8.41. The molecule has 190 valence electrons. The quantitative estimate of drug-likeness (QED) is 0.332. The molecule has 0 aliphatic heterocycles. The summed E-state index contributed by atoms with van der Waals surface area (Å²) in [6, 6.07) is 11.1. The number of alkyl halides is 4. The molecule has 2 N–H and O–H groups in total. The molecule has 0 heterocycles. The fraction of sp³-hybridized carbons (Fsp3) is 0.269. The number of hydrogen-bond donors (Lipinski definition) is 2. The number of aliphatic hydroxyl groups excluding tert-OH is 1. The second kappa shape index (κ2) is 10.1. The summed E-state index contributed by atoms with van der Waals surface area (Å²) in [5.41, 5.74) is -0.630. The molecule has 36 heavy (non-hydrogen) atoms. The van der Waals surface area contributed by atoms with E-state index >= 15 is 0 Å². The highest BCUT2D eigenvalue weighted by atomic mass is 19.4. The predicted molar refractivity (Wildman–Crippen MR) is 122 cm³/mol. The number of benzene rings is 3. The molecule has 0 bridgehead atoms. The largest absolute Gasteiger partial charge is 0.458 e. The monoisotopic (exact) mass is 507 g/mol. The Kier molecular flexibility index (Phi) is 7.16. The third kappa shape index (κ3) is 5.93. The van der Waals surface area contributed by atoms with E-state index in [9.17, 15) is 26.7 Å². The van der Waals surface area contributed by atoms with Crippen LogP contribution in [0.15, 0.2) is 54.6 Å². The maximum absolute atomic E-state index is 13.9. The number of nitrogens with one attached hydrogen (secondary N) is 1. The minimum absolute atomic E-state index is 0.0416. The molecule has 10 heteroatoms. The zero-order chi connectivity index (χ0) is 26.0. The van der Waals surface area contributed by atoms with E-state index in [1.165, 1.54) is 42.5 Å². The van der Waals surface area contributed by atoms with Crippen LogP contribution in [0.5, 0.6) is 17.2 Å². The first-order valence-corrected chi connectivity index (χ1v) is 11.1. The lowest BCUT2D eigenvalue weighted by Gasteiger charge is -2.19. The molecule has 1 atom stereocenters. The zero-order valence-corrected chi connectivity index (χ0v) is 19.0. The molecule has 1 aliphatic rings. The summed E-state index contributed by atoms with van der Waals surface area (Å²) < 4.78 is 79.0. The van der Waals surface area contributed by atoms with Gasteiger partial charge in [0.25, 0.3) is 12.3 Å². The van der Waals surface area contributed by atoms with Crippen LogP contribution in [0.2, 0.25) is 0 Å². The van der Waals surface area contributed by atoms with E-state index in [0.717, 1.165) is 12.1 Å². The number of ether oxygens (including phenoxy) is 2. The van der Waals surface area contributed by atoms with Gasteiger partial charge in [-0.05, 0) is 91.4 Å². The molecular formula is C26H22F5NO4. The number of rotatable bonds is 8. The molecule has 1 aliphatic carbocycles. The Bertz CT molecular complexity index is 1260. The lowest BCUT2D eigenvalue weighted by atomic mass is 9.98. The zero-order valence-electron chi connectivity index (χ0n) is 19.0. The molecule has 0 saturated heterocycles. The summed E-state index contributed by atoms with van der Waals surface area (Å²) in [5.74, 6) is -1.49. The Hall–Kier alpha value is -3.66. The minimum atomic E-state index is -4.69. The highest BCUT2D eigenvalue weighted by molar-refractivity contribution is 6.06. The number of carbonyl (C=O) groups is 1. The average molecular weight is 507 g/mol. The second-order valence-corrected chi connectivity index (χ2v) is 8.41. The number of carbonyl (C=O) groups excluding carboxylic acids is 1. The fourth-order valence-electron chi connectivity index (χ4n) is 3.68. The first-order chi connectivity index (χ1) is 17.0. The van der Waals surface area contributed by atoms with Gasteiger partial charge in [-0.3, -0.25) is 4.79 Å². The van der Waals surface area contributed by atoms with Crippen molar-refractivity contribution in [1.82, 2.24) is 0 Å². The van der Waals surface area contributed by atoms with E-state index in [4.69, 9.17) is 14.6 Å². The van der Waals surface area contributed by atoms with Crippen molar-refractivity contribution >= 4 is 11.6 Å². The topological polar surface area (TPSA) is 67.8 Å². The van der Waals surface area contributed by atoms with E-state index in [1.54, 1.807) is 6.92 Å². The summed E-state index contributed by atoms with van der Waals surface area (Å²) in [7, 11) is 0. The molecule has 0 aromatic heterocycles. The van der Waals surface area contributed by atoms with Gasteiger partial charge in [-0.1, -0.05) is 0 Å². The lowest BCUT2D eigenvalue weighted by Crippen LogP contribution is -2.17. The first-order valence-electron chi connectivity index (χ1n) is 11.1. The highest BCUT2D eigenvalue weighted by Gasteiger charge is 2.40. The molecule has 1 unspecified atom stereocenters. The molecular weight excluding hydrogens is 485 g/mol. The summed E-state index contributed by atoms with van der Waals surface area (Å²) in [6.07, 6.45) is -5.43. The van der Waals surface area contributed by atoms with E-state index in [2.05, 4.69) is 5.32 Å². The van der Waals surface area contributed by atoms with Crippen molar-refractivity contribution in [3.63, 3.8) is 0 Å². The van der Waals surface area contributed by atoms with Crippen LogP contribution in [0.4, 0.5) is 27.6 Å². The van der Waals surface area contributed by atoms with E-state index < -0.39 is 36.4 Å². The number of halogens is 5. The number of hydrogen-bond acceptors (Lipinski definition) is 4. The number of aryl methyl sites for hydroxylation is 1. The van der Waals surface area contributed by atoms with Gasteiger partial charge in [0, 0.05) is 5.69 Å². The van der Waals surface area contributed by atoms with Crippen LogP contribution in [0, 0.1) is 12.7 Å². The molecule has 3 aromatic carbocycles. The average Bonchev–Trinajstić information content (AvgIpc) is 3.66. The molecule has 0 spiro atoms. The normalized spacial score (nSPS) is 14.3. The fourth-order valence-corrected chi connectivity index (χ4v) is 3.68. The predicted octanol–water partition coefficient (Wildman–Crippen LogP) is 6.74. The molecule has 5 nitrogen and oxygen atoms in total. The number of aliphatic hydroxyl groups is 1. The van der Waals surface area contributed by atoms with Crippen molar-refractivity contribution in [3.8, 4) is 17.2 Å². The van der Waals surface area contributed by atoms with Gasteiger partial charge in [0.2, 0.25) is 0 Å². The van der Waals surface area contributed by atoms with Crippen LogP contribution in [-0.4, -0.2) is 24.0 Å². The summed E-state index contributed by atoms with van der Waals surface area (Å²) in [4.78, 5) is 13.1. The Morgan fingerprint density at radius 1 is 1.08 bits per heavy atom. The third-order valence-electron chi connectivity index (χ3n) is 5.60. The van der Waals surface area contributed by atoms with Crippen LogP contribution in [0.1, 0.15) is 45.8 Å². The van der Waals surface area contributed by atoms with E-state index in [0.29, 0.717) is 18.4 Å². The Balaban J connectivity index is 1.69. The Labute approximate surface area is 203 Å². The molecule has 1 amide bonds. The molecule has 1 saturated carbocycles. The minimum Gasteiger partial charge on any atom is -0.458 e. The SMILES string of the molecule is Cc1cc(F)ccc1Oc1cc(C2CC2)c(C(F)(F)F)cc1C(=O)Nc1ccc(OC(F)CO)cc1. The maximum Gasteiger partial charge on any atom is 0.416 e. The van der Waals surface area contributed by atoms with Crippen molar-refractivity contribution in [2.24, 2.45) is 0 Å². The highest BCUT2D eigenvalue weighted by Crippen LogP contribution is 2.48. The lowest BCUT2D eigenvalue weighted by molar-refractivity contribution is -0.138. The van der Waals surface area contributed by atoms with Crippen molar-refractivity contribution < 1.29 is 41.3 Å². The molecule has 0 radical (unpaired) electrons. The van der Waals surface area contributed by atoms with Gasteiger partial charge in [-0.25, -0.2) is 4.39 Å². The number of anilines is 1. The van der Waals surface area contributed by atoms with Gasteiger partial charge in [0.1, 0.15) is 29.7 Å². The molecule has 4 rings (SSSR count). The van der Waals surface area contributed by atoms with Crippen molar-refractivity contribution in [2.75, 3.05) is 11.9 Å². The van der Waals surface area contributed by atoms with Gasteiger partial charge < -0.3 is 19.9 Å². The van der Waals surface area contributed by atoms with Crippen LogP contribution >= 0.6 is 0 Å². The molecule has 1 fully saturated rings. The first kappa shape index (κ1) is 25.4. The van der Waals surface area contributed by atoms with Gasteiger partial charge >= 0.3 is 6.18 Å². The smallest absolute Gasteiger partial charge is 0.416 e. The van der Waals surface area contributed by atoms with E-state index in [-0.39, 0.29) is 40.0 Å². The molecule has 3 aromatic rings. The van der Waals surface area contributed by atoms with Crippen molar-refractivity contribution in [3.05, 3.63) is 82.7 Å². The Morgan fingerprint density at radius 2 is 1.78 bits per heavy atom. The number of amides is 1. The van der Waals surface area contributed by atoms with Crippen LogP contribution < -0.4 is 14.8 Å². The van der Waals surface area contributed by atoms with Crippen LogP contribution in [0.25, 0.3) is 0 Å². The van der Waals surface area contributed by atoms with Gasteiger partial charge in [0.05, 0.1) is 11.1 Å². The summed E-state index contributed by atoms with van der Waals surface area (Å²) in [6.45, 7) is 0.736. The Morgan fingerprint density at radius 3 is 2.36 bits per heavy atom. The van der Waals surface area contributed by atoms with Crippen molar-refractivity contribution in [1.29, 1.82) is 0 Å². The van der Waals surface area contributed by atoms with Gasteiger partial charge in [0.15, 0.2) is 0 Å². The maximum atomic E-state index is 13.9. The summed E-state index contributed by atoms with van der Waals surface area (Å²) in [5, 5.41) is 11.2.